The number of hydrogen-bond acceptors (Lipinski definition) is 0. The molecule has 0 N–H and O–H groups in total. The molecule has 0 radical (unpaired) electrons. The van der Waals surface area contributed by atoms with Crippen LogP contribution in [0.2, 0.25) is 33.2 Å². The van der Waals surface area contributed by atoms with Crippen LogP contribution in [0, 0.1) is 33.8 Å². The third kappa shape index (κ3) is 7.17. The lowest BCUT2D eigenvalue weighted by molar-refractivity contribution is 0.469. The Morgan fingerprint density at radius 3 is 0.706 bits per heavy atom. The molecule has 0 aromatic carbocycles. The van der Waals surface area contributed by atoms with E-state index in [1.807, 2.05) is 0 Å². The van der Waals surface area contributed by atoms with Gasteiger partial charge in [-0.15, -0.1) is 11.1 Å². The fraction of sp³-hybridized carbons (Fsp3) is 0.812. The Morgan fingerprint density at radius 2 is 0.588 bits per heavy atom. The second-order valence-electron chi connectivity index (χ2n) is 14.5. The summed E-state index contributed by atoms with van der Waals surface area (Å²) in [5.41, 5.74) is 14.3. The first-order valence-electron chi connectivity index (χ1n) is 13.9. The van der Waals surface area contributed by atoms with E-state index in [0.29, 0.717) is 33.2 Å². The Balaban J connectivity index is 7.58. The van der Waals surface area contributed by atoms with Gasteiger partial charge in [-0.1, -0.05) is 136 Å². The van der Waals surface area contributed by atoms with Gasteiger partial charge < -0.3 is 0 Å². The lowest BCUT2D eigenvalue weighted by Gasteiger charge is -2.39. The van der Waals surface area contributed by atoms with Crippen molar-refractivity contribution in [2.75, 3.05) is 0 Å². The number of allylic oxidation sites excluding steroid dienone is 2. The average molecular weight is 501 g/mol. The largest absolute Gasteiger partial charge is 0.146 e. The van der Waals surface area contributed by atoms with Gasteiger partial charge in [0.2, 0.25) is 0 Å². The van der Waals surface area contributed by atoms with E-state index in [9.17, 15) is 0 Å². The van der Waals surface area contributed by atoms with E-state index in [0.717, 1.165) is 0 Å². The lowest BCUT2D eigenvalue weighted by atomic mass is 9.75. The maximum absolute atomic E-state index is 4.03. The number of rotatable bonds is 6. The third-order valence-electron chi connectivity index (χ3n) is 8.29. The molecular weight excluding hydrogens is 441 g/mol. The lowest BCUT2D eigenvalue weighted by Crippen LogP contribution is -2.43. The zero-order chi connectivity index (χ0) is 27.4. The fourth-order valence-electron chi connectivity index (χ4n) is 6.46. The third-order valence-corrected chi connectivity index (χ3v) is 20.9. The molecule has 0 amide bonds. The van der Waals surface area contributed by atoms with E-state index < -0.39 is 16.1 Å². The molecule has 0 nitrogen and oxygen atoms in total. The van der Waals surface area contributed by atoms with Gasteiger partial charge in [-0.25, -0.2) is 0 Å². The predicted molar refractivity (Wildman–Crippen MR) is 164 cm³/mol. The highest BCUT2D eigenvalue weighted by Gasteiger charge is 2.43. The topological polar surface area (TPSA) is 0 Å². The van der Waals surface area contributed by atoms with E-state index in [2.05, 4.69) is 148 Å². The standard InChI is InChI=1S/C32H60Si2/c1-23(2)33(24(3)4,25(5)6)21-19-29(31(13,14)15)30(32(16,17)18)20-22-34(26(7)8,27(9)10)28(11)12/h23-28H,1-18H3/b30-29+. The van der Waals surface area contributed by atoms with Gasteiger partial charge in [-0.3, -0.25) is 0 Å². The van der Waals surface area contributed by atoms with Crippen LogP contribution in [0.1, 0.15) is 125 Å². The second kappa shape index (κ2) is 12.0. The monoisotopic (exact) mass is 500 g/mol. The van der Waals surface area contributed by atoms with Crippen LogP contribution in [0.5, 0.6) is 0 Å². The van der Waals surface area contributed by atoms with Crippen LogP contribution in [-0.4, -0.2) is 16.1 Å². The molecule has 0 fully saturated rings. The molecule has 2 heteroatoms. The van der Waals surface area contributed by atoms with Crippen molar-refractivity contribution < 1.29 is 0 Å². The van der Waals surface area contributed by atoms with Crippen LogP contribution in [0.25, 0.3) is 0 Å². The van der Waals surface area contributed by atoms with Crippen molar-refractivity contribution in [1.82, 2.24) is 0 Å². The zero-order valence-corrected chi connectivity index (χ0v) is 28.5. The summed E-state index contributed by atoms with van der Waals surface area (Å²) in [6.07, 6.45) is 0. The highest BCUT2D eigenvalue weighted by atomic mass is 28.3. The Kier molecular flexibility index (Phi) is 11.8. The SMILES string of the molecule is CC(C)[Si](C#C/C(=C(/C#C[Si](C(C)C)(C(C)C)C(C)C)C(C)(C)C)C(C)(C)C)(C(C)C)C(C)C. The van der Waals surface area contributed by atoms with Crippen molar-refractivity contribution in [2.24, 2.45) is 10.8 Å². The summed E-state index contributed by atoms with van der Waals surface area (Å²) < 4.78 is 0. The molecule has 196 valence electrons. The quantitative estimate of drug-likeness (QED) is 0.251. The van der Waals surface area contributed by atoms with Crippen molar-refractivity contribution in [1.29, 1.82) is 0 Å². The zero-order valence-electron chi connectivity index (χ0n) is 26.5. The minimum absolute atomic E-state index is 0.0346. The van der Waals surface area contributed by atoms with Crippen LogP contribution in [-0.2, 0) is 0 Å². The highest BCUT2D eigenvalue weighted by molar-refractivity contribution is 6.91. The van der Waals surface area contributed by atoms with Gasteiger partial charge in [0, 0.05) is 11.1 Å². The number of hydrogen-bond donors (Lipinski definition) is 0. The minimum Gasteiger partial charge on any atom is -0.125 e. The van der Waals surface area contributed by atoms with Crippen LogP contribution in [0.3, 0.4) is 0 Å². The van der Waals surface area contributed by atoms with E-state index in [1.54, 1.807) is 0 Å². The molecule has 0 rings (SSSR count). The van der Waals surface area contributed by atoms with Gasteiger partial charge in [-0.2, -0.15) is 0 Å². The second-order valence-corrected chi connectivity index (χ2v) is 25.7. The Morgan fingerprint density at radius 1 is 0.412 bits per heavy atom. The molecule has 34 heavy (non-hydrogen) atoms. The van der Waals surface area contributed by atoms with Crippen LogP contribution in [0.15, 0.2) is 11.1 Å². The first-order valence-corrected chi connectivity index (χ1v) is 18.4. The summed E-state index contributed by atoms with van der Waals surface area (Å²) in [5, 5.41) is 0. The first-order chi connectivity index (χ1) is 15.1. The Labute approximate surface area is 218 Å². The highest BCUT2D eigenvalue weighted by Crippen LogP contribution is 2.43. The molecule has 0 unspecified atom stereocenters. The maximum Gasteiger partial charge on any atom is 0.146 e. The van der Waals surface area contributed by atoms with Crippen molar-refractivity contribution >= 4 is 16.1 Å². The van der Waals surface area contributed by atoms with Crippen molar-refractivity contribution in [2.45, 2.75) is 158 Å². The van der Waals surface area contributed by atoms with Crippen molar-refractivity contribution in [3.63, 3.8) is 0 Å². The summed E-state index contributed by atoms with van der Waals surface area (Å²) in [4.78, 5) is 0. The van der Waals surface area contributed by atoms with Crippen molar-refractivity contribution in [3.05, 3.63) is 11.1 Å². The first kappa shape index (κ1) is 33.3. The van der Waals surface area contributed by atoms with Gasteiger partial charge in [-0.05, 0) is 44.1 Å². The molecule has 0 spiro atoms. The van der Waals surface area contributed by atoms with E-state index >= 15 is 0 Å². The van der Waals surface area contributed by atoms with Gasteiger partial charge in [0.15, 0.2) is 0 Å². The summed E-state index contributed by atoms with van der Waals surface area (Å²) in [7, 11) is -3.64. The molecule has 0 heterocycles. The molecule has 0 aliphatic rings. The van der Waals surface area contributed by atoms with E-state index in [1.165, 1.54) is 11.1 Å². The summed E-state index contributed by atoms with van der Waals surface area (Å²) in [6, 6.07) is 0. The Bertz CT molecular complexity index is 699. The maximum atomic E-state index is 4.03. The van der Waals surface area contributed by atoms with Gasteiger partial charge in [0.25, 0.3) is 0 Å². The molecular formula is C32H60Si2. The van der Waals surface area contributed by atoms with Crippen LogP contribution in [0.4, 0.5) is 0 Å². The predicted octanol–water partition coefficient (Wildman–Crippen LogP) is 10.8. The van der Waals surface area contributed by atoms with Crippen molar-refractivity contribution in [3.8, 4) is 22.9 Å². The molecule has 0 aliphatic heterocycles. The molecule has 0 saturated heterocycles. The minimum atomic E-state index is -1.82. The van der Waals surface area contributed by atoms with Gasteiger partial charge in [0.1, 0.15) is 16.1 Å². The average Bonchev–Trinajstić information content (AvgIpc) is 2.59. The molecule has 0 bridgehead atoms. The van der Waals surface area contributed by atoms with Crippen LogP contribution >= 0.6 is 0 Å². The summed E-state index contributed by atoms with van der Waals surface area (Å²) in [6.45, 7) is 42.8. The fourth-order valence-corrected chi connectivity index (χ4v) is 16.9. The van der Waals surface area contributed by atoms with Gasteiger partial charge in [0.05, 0.1) is 0 Å². The summed E-state index contributed by atoms with van der Waals surface area (Å²) in [5.74, 6) is 7.76. The molecule has 0 atom stereocenters. The normalized spacial score (nSPS) is 14.6. The Hall–Kier alpha value is -0.706. The smallest absolute Gasteiger partial charge is 0.125 e. The van der Waals surface area contributed by atoms with E-state index in [-0.39, 0.29) is 10.8 Å². The van der Waals surface area contributed by atoms with Crippen LogP contribution < -0.4 is 0 Å². The van der Waals surface area contributed by atoms with E-state index in [4.69, 9.17) is 0 Å². The summed E-state index contributed by atoms with van der Waals surface area (Å²) >= 11 is 0. The molecule has 0 aromatic rings. The molecule has 0 saturated carbocycles. The molecule has 0 aliphatic carbocycles. The molecule has 0 aromatic heterocycles. The van der Waals surface area contributed by atoms with Gasteiger partial charge >= 0.3 is 0 Å².